The van der Waals surface area contributed by atoms with Crippen molar-refractivity contribution in [3.05, 3.63) is 70.3 Å². The summed E-state index contributed by atoms with van der Waals surface area (Å²) in [6.45, 7) is 2.09. The molecule has 0 aromatic heterocycles. The molecular weight excluding hydrogens is 560 g/mol. The third-order valence-corrected chi connectivity index (χ3v) is 12.3. The molecule has 41 heavy (non-hydrogen) atoms. The van der Waals surface area contributed by atoms with Gasteiger partial charge in [-0.25, -0.2) is 13.1 Å². The molecule has 1 spiro atoms. The zero-order chi connectivity index (χ0) is 28.4. The van der Waals surface area contributed by atoms with Crippen LogP contribution in [-0.2, 0) is 26.6 Å². The summed E-state index contributed by atoms with van der Waals surface area (Å²) in [5, 5.41) is 0.213. The second-order valence-corrected chi connectivity index (χ2v) is 15.0. The minimum Gasteiger partial charge on any atom is -0.490 e. The number of hydrogen-bond donors (Lipinski definition) is 1. The number of methoxy groups -OCH3 is 1. The molecule has 2 heterocycles. The summed E-state index contributed by atoms with van der Waals surface area (Å²) in [6, 6.07) is 11.6. The average molecular weight is 597 g/mol. The van der Waals surface area contributed by atoms with Gasteiger partial charge in [-0.15, -0.1) is 0 Å². The van der Waals surface area contributed by atoms with Crippen LogP contribution in [0.15, 0.2) is 48.6 Å². The first-order valence-corrected chi connectivity index (χ1v) is 16.7. The molecule has 0 unspecified atom stereocenters. The van der Waals surface area contributed by atoms with Crippen LogP contribution in [0.3, 0.4) is 0 Å². The maximum Gasteiger partial charge on any atom is 0.264 e. The molecule has 2 saturated carbocycles. The topological polar surface area (TPSA) is 84.9 Å². The van der Waals surface area contributed by atoms with Crippen molar-refractivity contribution >= 4 is 33.2 Å². The van der Waals surface area contributed by atoms with Crippen molar-refractivity contribution in [1.82, 2.24) is 4.72 Å². The number of benzene rings is 2. The number of nitrogens with zero attached hydrogens (tertiary/aromatic N) is 1. The van der Waals surface area contributed by atoms with E-state index in [0.717, 1.165) is 61.7 Å². The number of fused-ring (bicyclic) bond motifs is 5. The minimum atomic E-state index is -3.76. The summed E-state index contributed by atoms with van der Waals surface area (Å²) in [7, 11) is -1.99. The van der Waals surface area contributed by atoms with Gasteiger partial charge in [0, 0.05) is 36.2 Å². The quantitative estimate of drug-likeness (QED) is 0.452. The Labute approximate surface area is 247 Å². The van der Waals surface area contributed by atoms with E-state index in [-0.39, 0.29) is 17.4 Å². The molecule has 2 aliphatic heterocycles. The molecule has 9 heteroatoms. The van der Waals surface area contributed by atoms with Crippen LogP contribution in [0.5, 0.6) is 5.75 Å². The summed E-state index contributed by atoms with van der Waals surface area (Å²) in [6.07, 6.45) is 10.7. The molecule has 7 nitrogen and oxygen atoms in total. The first-order valence-electron chi connectivity index (χ1n) is 14.8. The van der Waals surface area contributed by atoms with Gasteiger partial charge in [-0.3, -0.25) is 4.79 Å². The molecule has 0 saturated heterocycles. The molecule has 3 aliphatic carbocycles. The molecule has 2 bridgehead atoms. The number of anilines is 1. The molecule has 2 fully saturated rings. The lowest BCUT2D eigenvalue weighted by Crippen LogP contribution is -2.49. The van der Waals surface area contributed by atoms with Gasteiger partial charge in [0.05, 0.1) is 23.6 Å². The van der Waals surface area contributed by atoms with Crippen LogP contribution in [-0.4, -0.2) is 52.5 Å². The van der Waals surface area contributed by atoms with Gasteiger partial charge >= 0.3 is 0 Å². The summed E-state index contributed by atoms with van der Waals surface area (Å²) in [4.78, 5) is 15.7. The van der Waals surface area contributed by atoms with E-state index < -0.39 is 21.2 Å². The van der Waals surface area contributed by atoms with Gasteiger partial charge in [0.2, 0.25) is 10.0 Å². The van der Waals surface area contributed by atoms with Crippen molar-refractivity contribution in [2.75, 3.05) is 31.7 Å². The molecule has 7 rings (SSSR count). The van der Waals surface area contributed by atoms with Crippen molar-refractivity contribution < 1.29 is 22.7 Å². The monoisotopic (exact) mass is 596 g/mol. The van der Waals surface area contributed by atoms with Crippen molar-refractivity contribution in [2.24, 2.45) is 17.8 Å². The average Bonchev–Trinajstić information content (AvgIpc) is 3.74. The highest BCUT2D eigenvalue weighted by molar-refractivity contribution is 7.91. The van der Waals surface area contributed by atoms with E-state index in [9.17, 15) is 13.2 Å². The number of halogens is 1. The SMILES string of the molecule is CO[C@H]1/C=C/C[C@@H]2C[C@H]2S(=O)(=O)NC(=O)c2ccc3c(c2)N(C[C@@H]2CC[C@H]21)C[C@@]1(CCCc2cc(Cl)ccc21)CO3. The van der Waals surface area contributed by atoms with Gasteiger partial charge in [0.25, 0.3) is 5.91 Å². The maximum atomic E-state index is 13.3. The third-order valence-electron chi connectivity index (χ3n) is 10.2. The summed E-state index contributed by atoms with van der Waals surface area (Å²) in [5.74, 6) is 0.985. The number of hydrogen-bond acceptors (Lipinski definition) is 6. The Morgan fingerprint density at radius 3 is 2.83 bits per heavy atom. The fraction of sp³-hybridized carbons (Fsp3) is 0.531. The molecule has 2 aromatic carbocycles. The number of sulfonamides is 1. The number of nitrogens with one attached hydrogen (secondary N) is 1. The predicted octanol–water partition coefficient (Wildman–Crippen LogP) is 5.26. The van der Waals surface area contributed by atoms with Crippen LogP contribution in [0.25, 0.3) is 0 Å². The van der Waals surface area contributed by atoms with Crippen molar-refractivity contribution in [2.45, 2.75) is 61.7 Å². The van der Waals surface area contributed by atoms with Crippen LogP contribution >= 0.6 is 11.6 Å². The van der Waals surface area contributed by atoms with Gasteiger partial charge in [-0.1, -0.05) is 29.8 Å². The lowest BCUT2D eigenvalue weighted by Gasteiger charge is -2.46. The summed E-state index contributed by atoms with van der Waals surface area (Å²) >= 11 is 6.40. The molecular formula is C32H37ClN2O5S. The van der Waals surface area contributed by atoms with Crippen LogP contribution in [0.2, 0.25) is 5.02 Å². The molecule has 6 atom stereocenters. The number of aryl methyl sites for hydroxylation is 1. The van der Waals surface area contributed by atoms with Gasteiger partial charge in [-0.05, 0) is 104 Å². The number of ether oxygens (including phenoxy) is 2. The Bertz CT molecular complexity index is 1510. The van der Waals surface area contributed by atoms with Gasteiger partial charge < -0.3 is 14.4 Å². The maximum absolute atomic E-state index is 13.3. The molecule has 0 radical (unpaired) electrons. The largest absolute Gasteiger partial charge is 0.490 e. The molecule has 5 aliphatic rings. The van der Waals surface area contributed by atoms with Crippen LogP contribution in [0.4, 0.5) is 5.69 Å². The van der Waals surface area contributed by atoms with Crippen molar-refractivity contribution in [3.8, 4) is 5.75 Å². The lowest BCUT2D eigenvalue weighted by atomic mass is 9.68. The van der Waals surface area contributed by atoms with E-state index in [1.807, 2.05) is 18.2 Å². The van der Waals surface area contributed by atoms with Crippen molar-refractivity contribution in [3.63, 3.8) is 0 Å². The number of allylic oxidation sites excluding steroid dienone is 1. The van der Waals surface area contributed by atoms with Crippen LogP contribution in [0, 0.1) is 17.8 Å². The highest BCUT2D eigenvalue weighted by atomic mass is 35.5. The highest BCUT2D eigenvalue weighted by Crippen LogP contribution is 2.47. The second-order valence-electron chi connectivity index (χ2n) is 12.7. The number of rotatable bonds is 1. The summed E-state index contributed by atoms with van der Waals surface area (Å²) in [5.41, 5.74) is 3.53. The Morgan fingerprint density at radius 1 is 1.15 bits per heavy atom. The fourth-order valence-corrected chi connectivity index (χ4v) is 9.53. The Kier molecular flexibility index (Phi) is 6.87. The fourth-order valence-electron chi connectivity index (χ4n) is 7.69. The predicted molar refractivity (Wildman–Crippen MR) is 159 cm³/mol. The third kappa shape index (κ3) is 4.96. The first kappa shape index (κ1) is 27.3. The number of carbonyl (C=O) groups is 1. The highest BCUT2D eigenvalue weighted by Gasteiger charge is 2.48. The zero-order valence-corrected chi connectivity index (χ0v) is 24.9. The Balaban J connectivity index is 1.30. The summed E-state index contributed by atoms with van der Waals surface area (Å²) < 4.78 is 40.9. The zero-order valence-electron chi connectivity index (χ0n) is 23.4. The van der Waals surface area contributed by atoms with E-state index in [0.29, 0.717) is 36.8 Å². The standard InChI is InChI=1S/C32H37ClN2O5S/c1-39-28-6-2-4-21-16-30(21)41(37,38)34-31(36)22-8-12-29-27(15-22)35(17-23-7-10-25(23)28)18-32(19-40-29)13-3-5-20-14-24(33)9-11-26(20)32/h2,6,8-9,11-12,14-15,21,23,25,28,30H,3-5,7,10,13,16-19H2,1H3,(H,34,36)/b6-2+/t21-,23+,25-,28+,30-,32+/m1/s1. The van der Waals surface area contributed by atoms with E-state index >= 15 is 0 Å². The molecule has 1 N–H and O–H groups in total. The lowest BCUT2D eigenvalue weighted by molar-refractivity contribution is 0.0131. The molecule has 218 valence electrons. The number of amides is 1. The smallest absolute Gasteiger partial charge is 0.264 e. The Hall–Kier alpha value is -2.55. The van der Waals surface area contributed by atoms with Crippen LogP contribution in [0.1, 0.15) is 60.0 Å². The van der Waals surface area contributed by atoms with Crippen molar-refractivity contribution in [1.29, 1.82) is 0 Å². The van der Waals surface area contributed by atoms with Gasteiger partial charge in [-0.2, -0.15) is 0 Å². The van der Waals surface area contributed by atoms with E-state index in [2.05, 4.69) is 33.9 Å². The Morgan fingerprint density at radius 2 is 2.02 bits per heavy atom. The number of carbonyl (C=O) groups excluding carboxylic acids is 1. The minimum absolute atomic E-state index is 0.00397. The molecule has 2 aromatic rings. The van der Waals surface area contributed by atoms with E-state index in [1.54, 1.807) is 13.2 Å². The molecule has 1 amide bonds. The second kappa shape index (κ2) is 10.3. The van der Waals surface area contributed by atoms with Gasteiger partial charge in [0.15, 0.2) is 0 Å². The first-order chi connectivity index (χ1) is 19.8. The van der Waals surface area contributed by atoms with E-state index in [1.165, 1.54) is 11.1 Å². The van der Waals surface area contributed by atoms with Crippen LogP contribution < -0.4 is 14.4 Å². The van der Waals surface area contributed by atoms with E-state index in [4.69, 9.17) is 21.1 Å². The normalized spacial score (nSPS) is 34.5. The van der Waals surface area contributed by atoms with Gasteiger partial charge in [0.1, 0.15) is 5.75 Å².